The van der Waals surface area contributed by atoms with Crippen molar-refractivity contribution >= 4 is 39.1 Å². The summed E-state index contributed by atoms with van der Waals surface area (Å²) in [5.74, 6) is 0.201. The van der Waals surface area contributed by atoms with Gasteiger partial charge in [0.2, 0.25) is 0 Å². The van der Waals surface area contributed by atoms with Gasteiger partial charge in [-0.3, -0.25) is 15.0 Å². The summed E-state index contributed by atoms with van der Waals surface area (Å²) in [5.41, 5.74) is 4.09. The molecule has 0 radical (unpaired) electrons. The van der Waals surface area contributed by atoms with Crippen molar-refractivity contribution in [1.82, 2.24) is 9.66 Å². The maximum absolute atomic E-state index is 13.2. The Morgan fingerprint density at radius 1 is 1.27 bits per heavy atom. The van der Waals surface area contributed by atoms with E-state index in [-0.39, 0.29) is 11.5 Å². The van der Waals surface area contributed by atoms with Gasteiger partial charge in [-0.05, 0) is 55.5 Å². The molecule has 1 N–H and O–H groups in total. The molecule has 2 aromatic heterocycles. The first-order valence-corrected chi connectivity index (χ1v) is 9.91. The monoisotopic (exact) mass is 387 g/mol. The minimum Gasteiger partial charge on any atom is -0.267 e. The lowest BCUT2D eigenvalue weighted by Gasteiger charge is -2.14. The Labute approximate surface area is 159 Å². The number of thiophene rings is 1. The molecule has 0 bridgehead atoms. The van der Waals surface area contributed by atoms with Crippen molar-refractivity contribution in [1.29, 1.82) is 0 Å². The number of hydrogen-bond donors (Lipinski definition) is 1. The summed E-state index contributed by atoms with van der Waals surface area (Å²) in [6, 6.07) is 6.56. The minimum absolute atomic E-state index is 0.187. The van der Waals surface area contributed by atoms with Crippen LogP contribution in [0.3, 0.4) is 0 Å². The number of aromatic nitrogens is 2. The molecule has 1 aliphatic rings. The van der Waals surface area contributed by atoms with Crippen molar-refractivity contribution < 1.29 is 4.79 Å². The van der Waals surface area contributed by atoms with Crippen molar-refractivity contribution in [2.75, 3.05) is 5.43 Å². The van der Waals surface area contributed by atoms with E-state index in [1.54, 1.807) is 35.6 Å². The summed E-state index contributed by atoms with van der Waals surface area (Å²) >= 11 is 7.49. The summed E-state index contributed by atoms with van der Waals surface area (Å²) in [4.78, 5) is 32.4. The molecule has 3 aromatic rings. The lowest BCUT2D eigenvalue weighted by Crippen LogP contribution is -2.36. The molecular weight excluding hydrogens is 370 g/mol. The first kappa shape index (κ1) is 17.2. The Morgan fingerprint density at radius 3 is 2.73 bits per heavy atom. The molecule has 7 heteroatoms. The van der Waals surface area contributed by atoms with Crippen LogP contribution in [0.1, 0.15) is 46.4 Å². The summed E-state index contributed by atoms with van der Waals surface area (Å²) in [6.07, 6.45) is 4.71. The number of fused-ring (bicyclic) bond motifs is 3. The van der Waals surface area contributed by atoms with Gasteiger partial charge in [0.1, 0.15) is 10.7 Å². The largest absolute Gasteiger partial charge is 0.281 e. The number of hydrogen-bond acceptors (Lipinski definition) is 4. The van der Waals surface area contributed by atoms with E-state index in [1.807, 2.05) is 6.92 Å². The van der Waals surface area contributed by atoms with Gasteiger partial charge in [-0.25, -0.2) is 9.66 Å². The Morgan fingerprint density at radius 2 is 2.00 bits per heavy atom. The first-order chi connectivity index (χ1) is 12.6. The number of benzene rings is 1. The van der Waals surface area contributed by atoms with Crippen molar-refractivity contribution in [3.8, 4) is 0 Å². The van der Waals surface area contributed by atoms with Crippen molar-refractivity contribution in [2.45, 2.75) is 39.0 Å². The second-order valence-electron chi connectivity index (χ2n) is 6.36. The molecule has 0 atom stereocenters. The smallest absolute Gasteiger partial charge is 0.267 e. The van der Waals surface area contributed by atoms with Crippen LogP contribution in [0.4, 0.5) is 0 Å². The van der Waals surface area contributed by atoms with E-state index in [0.717, 1.165) is 36.1 Å². The average Bonchev–Trinajstić information content (AvgIpc) is 3.02. The zero-order chi connectivity index (χ0) is 18.3. The second-order valence-corrected chi connectivity index (χ2v) is 7.88. The molecule has 1 aromatic carbocycles. The molecule has 0 unspecified atom stereocenters. The van der Waals surface area contributed by atoms with Crippen LogP contribution < -0.4 is 11.0 Å². The molecule has 0 spiro atoms. The fourth-order valence-electron chi connectivity index (χ4n) is 3.37. The lowest BCUT2D eigenvalue weighted by molar-refractivity contribution is 0.101. The van der Waals surface area contributed by atoms with Crippen LogP contribution in [-0.2, 0) is 19.3 Å². The van der Waals surface area contributed by atoms with Crippen LogP contribution in [0.5, 0.6) is 0 Å². The summed E-state index contributed by atoms with van der Waals surface area (Å²) < 4.78 is 1.31. The van der Waals surface area contributed by atoms with E-state index >= 15 is 0 Å². The van der Waals surface area contributed by atoms with Gasteiger partial charge < -0.3 is 0 Å². The first-order valence-electron chi connectivity index (χ1n) is 8.71. The van der Waals surface area contributed by atoms with Crippen LogP contribution in [0.25, 0.3) is 10.2 Å². The standard InChI is InChI=1S/C19H18ClN3O2S/c1-2-15-21-18-16(13-5-3-4-6-14(13)26-18)19(25)23(15)22-17(24)11-7-9-12(20)10-8-11/h7-10H,2-6H2,1H3,(H,22,24). The highest BCUT2D eigenvalue weighted by atomic mass is 35.5. The van der Waals surface area contributed by atoms with E-state index in [1.165, 1.54) is 9.55 Å². The molecule has 134 valence electrons. The molecule has 0 fully saturated rings. The number of rotatable bonds is 3. The van der Waals surface area contributed by atoms with Crippen LogP contribution in [-0.4, -0.2) is 15.6 Å². The third-order valence-electron chi connectivity index (χ3n) is 4.69. The molecule has 0 saturated carbocycles. The molecule has 1 aliphatic carbocycles. The van der Waals surface area contributed by atoms with Gasteiger partial charge in [0, 0.05) is 21.9 Å². The van der Waals surface area contributed by atoms with Crippen LogP contribution >= 0.6 is 22.9 Å². The van der Waals surface area contributed by atoms with Gasteiger partial charge in [-0.1, -0.05) is 18.5 Å². The maximum atomic E-state index is 13.2. The van der Waals surface area contributed by atoms with Crippen LogP contribution in [0.15, 0.2) is 29.1 Å². The van der Waals surface area contributed by atoms with Crippen molar-refractivity contribution in [3.05, 3.63) is 61.5 Å². The number of carbonyl (C=O) groups excluding carboxylic acids is 1. The number of carbonyl (C=O) groups is 1. The molecule has 4 rings (SSSR count). The van der Waals surface area contributed by atoms with Gasteiger partial charge in [-0.2, -0.15) is 0 Å². The number of aryl methyl sites for hydroxylation is 3. The third-order valence-corrected chi connectivity index (χ3v) is 6.13. The zero-order valence-corrected chi connectivity index (χ0v) is 15.9. The highest BCUT2D eigenvalue weighted by Crippen LogP contribution is 2.33. The Bertz CT molecular complexity index is 1050. The number of halogens is 1. The van der Waals surface area contributed by atoms with Gasteiger partial charge in [0.15, 0.2) is 0 Å². The summed E-state index contributed by atoms with van der Waals surface area (Å²) in [5, 5.41) is 1.22. The molecule has 5 nitrogen and oxygen atoms in total. The van der Waals surface area contributed by atoms with Crippen LogP contribution in [0.2, 0.25) is 5.02 Å². The summed E-state index contributed by atoms with van der Waals surface area (Å²) in [6.45, 7) is 1.92. The van der Waals surface area contributed by atoms with E-state index in [2.05, 4.69) is 10.4 Å². The predicted molar refractivity (Wildman–Crippen MR) is 105 cm³/mol. The molecule has 0 aliphatic heterocycles. The molecule has 26 heavy (non-hydrogen) atoms. The summed E-state index contributed by atoms with van der Waals surface area (Å²) in [7, 11) is 0. The fourth-order valence-corrected chi connectivity index (χ4v) is 4.76. The van der Waals surface area contributed by atoms with Crippen molar-refractivity contribution in [2.24, 2.45) is 0 Å². The van der Waals surface area contributed by atoms with Gasteiger partial charge in [-0.15, -0.1) is 11.3 Å². The highest BCUT2D eigenvalue weighted by Gasteiger charge is 2.22. The molecule has 2 heterocycles. The highest BCUT2D eigenvalue weighted by molar-refractivity contribution is 7.18. The minimum atomic E-state index is -0.358. The quantitative estimate of drug-likeness (QED) is 0.740. The Balaban J connectivity index is 1.80. The maximum Gasteiger partial charge on any atom is 0.281 e. The van der Waals surface area contributed by atoms with E-state index < -0.39 is 0 Å². The predicted octanol–water partition coefficient (Wildman–Crippen LogP) is 3.94. The zero-order valence-electron chi connectivity index (χ0n) is 14.3. The SMILES string of the molecule is CCc1nc2sc3c(c2c(=O)n1NC(=O)c1ccc(Cl)cc1)CCCC3. The average molecular weight is 388 g/mol. The van der Waals surface area contributed by atoms with Crippen LogP contribution in [0, 0.1) is 0 Å². The van der Waals surface area contributed by atoms with Gasteiger partial charge in [0.05, 0.1) is 5.39 Å². The Kier molecular flexibility index (Phi) is 4.54. The van der Waals surface area contributed by atoms with E-state index in [0.29, 0.717) is 28.2 Å². The van der Waals surface area contributed by atoms with Gasteiger partial charge >= 0.3 is 0 Å². The lowest BCUT2D eigenvalue weighted by atomic mass is 9.97. The number of nitrogens with one attached hydrogen (secondary N) is 1. The Hall–Kier alpha value is -2.18. The van der Waals surface area contributed by atoms with E-state index in [9.17, 15) is 9.59 Å². The number of nitrogens with zero attached hydrogens (tertiary/aromatic N) is 2. The third kappa shape index (κ3) is 2.93. The second kappa shape index (κ2) is 6.85. The molecule has 0 saturated heterocycles. The number of amides is 1. The topological polar surface area (TPSA) is 64.0 Å². The molecular formula is C19H18ClN3O2S. The molecule has 1 amide bonds. The fraction of sp³-hybridized carbons (Fsp3) is 0.316. The van der Waals surface area contributed by atoms with E-state index in [4.69, 9.17) is 11.6 Å². The van der Waals surface area contributed by atoms with Gasteiger partial charge in [0.25, 0.3) is 11.5 Å². The van der Waals surface area contributed by atoms with Crippen molar-refractivity contribution in [3.63, 3.8) is 0 Å². The normalized spacial score (nSPS) is 13.6.